The molecule has 2 atom stereocenters. The molecule has 2 aliphatic rings. The van der Waals surface area contributed by atoms with Crippen LogP contribution < -0.4 is 0 Å². The van der Waals surface area contributed by atoms with Crippen molar-refractivity contribution in [2.75, 3.05) is 0 Å². The van der Waals surface area contributed by atoms with Crippen molar-refractivity contribution in [3.63, 3.8) is 0 Å². The first kappa shape index (κ1) is 11.7. The van der Waals surface area contributed by atoms with Gasteiger partial charge in [-0.1, -0.05) is 27.2 Å². The molecule has 2 heteroatoms. The molecule has 0 aromatic carbocycles. The summed E-state index contributed by atoms with van der Waals surface area (Å²) in [4.78, 5) is 12.2. The van der Waals surface area contributed by atoms with Crippen LogP contribution in [0.15, 0.2) is 11.3 Å². The van der Waals surface area contributed by atoms with Gasteiger partial charge in [-0.3, -0.25) is 4.79 Å². The molecule has 2 nitrogen and oxygen atoms in total. The normalized spacial score (nSPS) is 34.8. The minimum atomic E-state index is -0.325. The zero-order chi connectivity index (χ0) is 11.9. The number of Topliss-reactive ketones (excluding diaryl/α,β-unsaturated/α-hetero) is 1. The summed E-state index contributed by atoms with van der Waals surface area (Å²) in [7, 11) is 0. The lowest BCUT2D eigenvalue weighted by Crippen LogP contribution is -2.34. The fraction of sp³-hybridized carbons (Fsp3) is 0.786. The number of ketones is 1. The van der Waals surface area contributed by atoms with E-state index in [4.69, 9.17) is 0 Å². The number of aliphatic hydroxyl groups is 1. The molecule has 1 fully saturated rings. The summed E-state index contributed by atoms with van der Waals surface area (Å²) in [5.74, 6) is 0.926. The van der Waals surface area contributed by atoms with E-state index in [-0.39, 0.29) is 17.0 Å². The van der Waals surface area contributed by atoms with E-state index < -0.39 is 0 Å². The van der Waals surface area contributed by atoms with Gasteiger partial charge in [0.1, 0.15) is 0 Å². The number of carbonyl (C=O) groups is 1. The lowest BCUT2D eigenvalue weighted by Gasteiger charge is -2.35. The van der Waals surface area contributed by atoms with Crippen molar-refractivity contribution in [1.29, 1.82) is 0 Å². The van der Waals surface area contributed by atoms with Crippen LogP contribution in [-0.2, 0) is 4.79 Å². The molecule has 90 valence electrons. The minimum absolute atomic E-state index is 0.00287. The fourth-order valence-corrected chi connectivity index (χ4v) is 3.66. The molecule has 0 aromatic heterocycles. The van der Waals surface area contributed by atoms with E-state index >= 15 is 0 Å². The Morgan fingerprint density at radius 3 is 2.75 bits per heavy atom. The average Bonchev–Trinajstić information content (AvgIpc) is 2.42. The summed E-state index contributed by atoms with van der Waals surface area (Å²) < 4.78 is 0. The first-order valence-corrected chi connectivity index (χ1v) is 6.43. The van der Waals surface area contributed by atoms with Crippen LogP contribution in [0.1, 0.15) is 52.9 Å². The van der Waals surface area contributed by atoms with Gasteiger partial charge in [0, 0.05) is 5.41 Å². The van der Waals surface area contributed by atoms with Gasteiger partial charge in [-0.25, -0.2) is 0 Å². The maximum absolute atomic E-state index is 12.2. The predicted molar refractivity (Wildman–Crippen MR) is 64.2 cm³/mol. The number of allylic oxidation sites excluding steroid dienone is 2. The molecule has 2 rings (SSSR count). The van der Waals surface area contributed by atoms with E-state index in [2.05, 4.69) is 20.8 Å². The van der Waals surface area contributed by atoms with E-state index in [1.807, 2.05) is 0 Å². The molecule has 0 radical (unpaired) electrons. The molecule has 0 spiro atoms. The minimum Gasteiger partial charge on any atom is -0.504 e. The lowest BCUT2D eigenvalue weighted by atomic mass is 9.67. The highest BCUT2D eigenvalue weighted by molar-refractivity contribution is 6.01. The van der Waals surface area contributed by atoms with Gasteiger partial charge in [0.05, 0.1) is 0 Å². The van der Waals surface area contributed by atoms with Gasteiger partial charge in [-0.15, -0.1) is 0 Å². The summed E-state index contributed by atoms with van der Waals surface area (Å²) in [6, 6.07) is 0. The SMILES string of the molecule is CC(C)C[C@@]1(C)C(=O)C(O)=C2CCCC[C@H]21. The van der Waals surface area contributed by atoms with Crippen LogP contribution in [0.25, 0.3) is 0 Å². The van der Waals surface area contributed by atoms with Crippen molar-refractivity contribution in [3.8, 4) is 0 Å². The number of fused-ring (bicyclic) bond motifs is 1. The third-order valence-corrected chi connectivity index (χ3v) is 4.25. The highest BCUT2D eigenvalue weighted by Crippen LogP contribution is 2.52. The molecule has 0 aliphatic heterocycles. The van der Waals surface area contributed by atoms with Gasteiger partial charge in [0.25, 0.3) is 0 Å². The van der Waals surface area contributed by atoms with Gasteiger partial charge < -0.3 is 5.11 Å². The van der Waals surface area contributed by atoms with Crippen LogP contribution in [0.2, 0.25) is 0 Å². The Kier molecular flexibility index (Phi) is 2.85. The third kappa shape index (κ3) is 1.59. The highest BCUT2D eigenvalue weighted by Gasteiger charge is 2.51. The Balaban J connectivity index is 2.32. The van der Waals surface area contributed by atoms with Gasteiger partial charge in [0.2, 0.25) is 5.78 Å². The lowest BCUT2D eigenvalue weighted by molar-refractivity contribution is -0.127. The van der Waals surface area contributed by atoms with E-state index in [9.17, 15) is 9.90 Å². The predicted octanol–water partition coefficient (Wildman–Crippen LogP) is 3.62. The molecule has 1 N–H and O–H groups in total. The molecule has 2 aliphatic carbocycles. The number of hydrogen-bond acceptors (Lipinski definition) is 2. The monoisotopic (exact) mass is 222 g/mol. The highest BCUT2D eigenvalue weighted by atomic mass is 16.3. The van der Waals surface area contributed by atoms with Crippen molar-refractivity contribution in [1.82, 2.24) is 0 Å². The summed E-state index contributed by atoms with van der Waals surface area (Å²) in [6.07, 6.45) is 5.22. The summed E-state index contributed by atoms with van der Waals surface area (Å²) in [5, 5.41) is 9.97. The smallest absolute Gasteiger partial charge is 0.203 e. The molecule has 0 bridgehead atoms. The Morgan fingerprint density at radius 2 is 2.12 bits per heavy atom. The van der Waals surface area contributed by atoms with Crippen molar-refractivity contribution in [3.05, 3.63) is 11.3 Å². The second-order valence-corrected chi connectivity index (χ2v) is 6.02. The van der Waals surface area contributed by atoms with Crippen LogP contribution in [-0.4, -0.2) is 10.9 Å². The second-order valence-electron chi connectivity index (χ2n) is 6.02. The summed E-state index contributed by atoms with van der Waals surface area (Å²) in [6.45, 7) is 6.35. The fourth-order valence-electron chi connectivity index (χ4n) is 3.66. The van der Waals surface area contributed by atoms with Crippen LogP contribution in [0, 0.1) is 17.3 Å². The van der Waals surface area contributed by atoms with Gasteiger partial charge in [-0.05, 0) is 43.1 Å². The van der Waals surface area contributed by atoms with Crippen molar-refractivity contribution in [2.24, 2.45) is 17.3 Å². The molecule has 16 heavy (non-hydrogen) atoms. The van der Waals surface area contributed by atoms with Crippen molar-refractivity contribution >= 4 is 5.78 Å². The van der Waals surface area contributed by atoms with Crippen molar-refractivity contribution < 1.29 is 9.90 Å². The second kappa shape index (κ2) is 3.90. The van der Waals surface area contributed by atoms with E-state index in [1.165, 1.54) is 6.42 Å². The van der Waals surface area contributed by atoms with Crippen LogP contribution in [0.3, 0.4) is 0 Å². The first-order valence-electron chi connectivity index (χ1n) is 6.43. The molecular formula is C14H22O2. The van der Waals surface area contributed by atoms with E-state index in [1.54, 1.807) is 0 Å². The van der Waals surface area contributed by atoms with Crippen LogP contribution in [0.5, 0.6) is 0 Å². The standard InChI is InChI=1S/C14H22O2/c1-9(2)8-14(3)11-7-5-4-6-10(11)12(15)13(14)16/h9,11,15H,4-8H2,1-3H3/t11-,14-/m1/s1. The zero-order valence-electron chi connectivity index (χ0n) is 10.5. The van der Waals surface area contributed by atoms with Crippen molar-refractivity contribution in [2.45, 2.75) is 52.9 Å². The topological polar surface area (TPSA) is 37.3 Å². The molecule has 0 amide bonds. The molecule has 0 unspecified atom stereocenters. The average molecular weight is 222 g/mol. The van der Waals surface area contributed by atoms with Gasteiger partial charge >= 0.3 is 0 Å². The Morgan fingerprint density at radius 1 is 1.44 bits per heavy atom. The maximum atomic E-state index is 12.2. The maximum Gasteiger partial charge on any atom is 0.203 e. The number of hydrogen-bond donors (Lipinski definition) is 1. The zero-order valence-corrected chi connectivity index (χ0v) is 10.5. The quantitative estimate of drug-likeness (QED) is 0.774. The summed E-state index contributed by atoms with van der Waals surface area (Å²) in [5.41, 5.74) is 0.730. The number of carbonyl (C=O) groups excluding carboxylic acids is 1. The van der Waals surface area contributed by atoms with Gasteiger partial charge in [-0.2, -0.15) is 0 Å². The Hall–Kier alpha value is -0.790. The molecular weight excluding hydrogens is 200 g/mol. The first-order chi connectivity index (χ1) is 7.47. The van der Waals surface area contributed by atoms with E-state index in [0.717, 1.165) is 31.3 Å². The van der Waals surface area contributed by atoms with E-state index in [0.29, 0.717) is 11.8 Å². The molecule has 1 saturated carbocycles. The van der Waals surface area contributed by atoms with Gasteiger partial charge in [0.15, 0.2) is 5.76 Å². The number of aliphatic hydroxyl groups excluding tert-OH is 1. The molecule has 0 heterocycles. The van der Waals surface area contributed by atoms with Crippen LogP contribution >= 0.6 is 0 Å². The van der Waals surface area contributed by atoms with Crippen LogP contribution in [0.4, 0.5) is 0 Å². The largest absolute Gasteiger partial charge is 0.504 e. The third-order valence-electron chi connectivity index (χ3n) is 4.25. The molecule has 0 aromatic rings. The summed E-state index contributed by atoms with van der Waals surface area (Å²) >= 11 is 0. The Labute approximate surface area is 97.7 Å². The Bertz CT molecular complexity index is 341. The molecule has 0 saturated heterocycles. The number of rotatable bonds is 2.